The number of rotatable bonds is 8. The first kappa shape index (κ1) is 29.7. The van der Waals surface area contributed by atoms with Crippen LogP contribution in [0.5, 0.6) is 0 Å². The summed E-state index contributed by atoms with van der Waals surface area (Å²) in [4.78, 5) is 3.49. The molecule has 1 aromatic carbocycles. The molecule has 1 atom stereocenters. The molecule has 18 heteroatoms. The number of nitrogens with zero attached hydrogens (tertiary/aromatic N) is 10. The second kappa shape index (κ2) is 11.6. The van der Waals surface area contributed by atoms with Gasteiger partial charge in [-0.1, -0.05) is 17.7 Å². The van der Waals surface area contributed by atoms with Crippen molar-refractivity contribution < 1.29 is 31.1 Å². The van der Waals surface area contributed by atoms with Gasteiger partial charge in [0.15, 0.2) is 12.0 Å². The van der Waals surface area contributed by atoms with Crippen LogP contribution < -0.4 is 4.73 Å². The van der Waals surface area contributed by atoms with Crippen LogP contribution >= 0.6 is 11.6 Å². The van der Waals surface area contributed by atoms with Gasteiger partial charge >= 0.3 is 12.7 Å². The molecule has 0 saturated heterocycles. The van der Waals surface area contributed by atoms with Crippen molar-refractivity contribution in [1.29, 1.82) is 0 Å². The van der Waals surface area contributed by atoms with Crippen molar-refractivity contribution in [1.82, 2.24) is 44.8 Å². The largest absolute Gasteiger partial charge is 0.618 e. The zero-order chi connectivity index (χ0) is 31.9. The molecule has 0 spiro atoms. The molecule has 11 nitrogen and oxygen atoms in total. The summed E-state index contributed by atoms with van der Waals surface area (Å²) >= 11 is 6.04. The summed E-state index contributed by atoms with van der Waals surface area (Å²) in [5, 5.41) is 32.1. The summed E-state index contributed by atoms with van der Waals surface area (Å²) in [7, 11) is 0. The monoisotopic (exact) mass is 646 g/mol. The van der Waals surface area contributed by atoms with E-state index in [0.717, 1.165) is 18.5 Å². The first-order valence-electron chi connectivity index (χ1n) is 12.8. The number of alkyl halides is 5. The summed E-state index contributed by atoms with van der Waals surface area (Å²) in [6.45, 7) is -2.94. The van der Waals surface area contributed by atoms with E-state index >= 15 is 4.39 Å². The number of pyridine rings is 2. The van der Waals surface area contributed by atoms with Gasteiger partial charge in [-0.3, -0.25) is 9.67 Å². The Bertz CT molecular complexity index is 1960. The van der Waals surface area contributed by atoms with Crippen LogP contribution in [0.2, 0.25) is 5.02 Å². The molecule has 230 valence electrons. The number of aromatic nitrogens is 10. The van der Waals surface area contributed by atoms with E-state index in [1.54, 1.807) is 0 Å². The van der Waals surface area contributed by atoms with E-state index in [9.17, 15) is 27.2 Å². The minimum Gasteiger partial charge on any atom is -0.618 e. The molecule has 0 fully saturated rings. The standard InChI is InChI=1S/C27H17ClF6N10O/c28-18-3-5-21(42-14-36-39-40-42)24(25(18)29)16-2-4-20(43(45)13-16)22(9-15-1-6-23(35-10-15)27(32,33)34)41-12-17(11-38-41)19-7-8-37-44(19)26(30)31/h1-8,10-14,22,26H,9H2/t22-/m1/s1. The average Bonchev–Trinajstić information content (AvgIpc) is 3.79. The normalized spacial score (nSPS) is 12.6. The lowest BCUT2D eigenvalue weighted by Crippen LogP contribution is -2.36. The predicted molar refractivity (Wildman–Crippen MR) is 144 cm³/mol. The predicted octanol–water partition coefficient (Wildman–Crippen LogP) is 5.46. The minimum atomic E-state index is -4.66. The van der Waals surface area contributed by atoms with Gasteiger partial charge in [-0.25, -0.2) is 9.07 Å². The molecule has 0 unspecified atom stereocenters. The first-order chi connectivity index (χ1) is 21.5. The Balaban J connectivity index is 1.43. The second-order valence-electron chi connectivity index (χ2n) is 9.60. The Morgan fingerprint density at radius 3 is 2.47 bits per heavy atom. The van der Waals surface area contributed by atoms with Gasteiger partial charge in [0, 0.05) is 36.6 Å². The van der Waals surface area contributed by atoms with E-state index in [1.807, 2.05) is 0 Å². The molecule has 6 rings (SSSR count). The smallest absolute Gasteiger partial charge is 0.433 e. The molecule has 0 amide bonds. The number of hydrogen-bond acceptors (Lipinski definition) is 7. The lowest BCUT2D eigenvalue weighted by atomic mass is 10.0. The van der Waals surface area contributed by atoms with Gasteiger partial charge in [0.25, 0.3) is 0 Å². The van der Waals surface area contributed by atoms with E-state index in [-0.39, 0.29) is 45.2 Å². The topological polar surface area (TPSA) is 119 Å². The van der Waals surface area contributed by atoms with Crippen LogP contribution in [0, 0.1) is 11.0 Å². The number of tetrazole rings is 1. The van der Waals surface area contributed by atoms with Crippen LogP contribution in [-0.2, 0) is 12.6 Å². The lowest BCUT2D eigenvalue weighted by Gasteiger charge is -2.19. The second-order valence-corrected chi connectivity index (χ2v) is 10.0. The van der Waals surface area contributed by atoms with Crippen LogP contribution in [0.4, 0.5) is 26.3 Å². The van der Waals surface area contributed by atoms with Crippen LogP contribution in [0.15, 0.2) is 79.8 Å². The quantitative estimate of drug-likeness (QED) is 0.122. The van der Waals surface area contributed by atoms with Gasteiger partial charge in [-0.2, -0.15) is 41.6 Å². The maximum Gasteiger partial charge on any atom is 0.433 e. The third kappa shape index (κ3) is 5.81. The molecule has 5 aromatic heterocycles. The molecule has 0 bridgehead atoms. The number of halogens is 7. The maximum absolute atomic E-state index is 15.3. The third-order valence-electron chi connectivity index (χ3n) is 6.86. The van der Waals surface area contributed by atoms with Gasteiger partial charge in [0.2, 0.25) is 5.69 Å². The molecule has 0 aliphatic heterocycles. The van der Waals surface area contributed by atoms with Crippen molar-refractivity contribution in [3.05, 3.63) is 113 Å². The van der Waals surface area contributed by atoms with Gasteiger partial charge in [0.05, 0.1) is 33.7 Å². The molecule has 0 aliphatic rings. The molecule has 0 aliphatic carbocycles. The summed E-state index contributed by atoms with van der Waals surface area (Å²) in [6.07, 6.45) is 2.48. The molecule has 0 radical (unpaired) electrons. The van der Waals surface area contributed by atoms with Crippen molar-refractivity contribution in [3.8, 4) is 28.1 Å². The van der Waals surface area contributed by atoms with E-state index in [4.69, 9.17) is 11.6 Å². The zero-order valence-corrected chi connectivity index (χ0v) is 23.1. The van der Waals surface area contributed by atoms with Crippen LogP contribution in [0.3, 0.4) is 0 Å². The summed E-state index contributed by atoms with van der Waals surface area (Å²) in [6, 6.07) is 8.00. The highest BCUT2D eigenvalue weighted by atomic mass is 35.5. The van der Waals surface area contributed by atoms with Crippen molar-refractivity contribution in [2.24, 2.45) is 0 Å². The van der Waals surface area contributed by atoms with Crippen molar-refractivity contribution in [2.75, 3.05) is 0 Å². The van der Waals surface area contributed by atoms with E-state index in [2.05, 4.69) is 30.7 Å². The Morgan fingerprint density at radius 2 is 1.80 bits per heavy atom. The maximum atomic E-state index is 15.3. The van der Waals surface area contributed by atoms with E-state index in [1.165, 1.54) is 70.7 Å². The van der Waals surface area contributed by atoms with Gasteiger partial charge in [0.1, 0.15) is 18.1 Å². The third-order valence-corrected chi connectivity index (χ3v) is 7.15. The molecule has 5 heterocycles. The lowest BCUT2D eigenvalue weighted by molar-refractivity contribution is -0.615. The molecule has 0 N–H and O–H groups in total. The Hall–Kier alpha value is -5.32. The molecule has 45 heavy (non-hydrogen) atoms. The van der Waals surface area contributed by atoms with Gasteiger partial charge in [-0.15, -0.1) is 5.10 Å². The highest BCUT2D eigenvalue weighted by Gasteiger charge is 2.33. The van der Waals surface area contributed by atoms with Crippen molar-refractivity contribution >= 4 is 11.6 Å². The zero-order valence-electron chi connectivity index (χ0n) is 22.4. The fourth-order valence-corrected chi connectivity index (χ4v) is 4.94. The molecule has 6 aromatic rings. The number of hydrogen-bond donors (Lipinski definition) is 0. The van der Waals surface area contributed by atoms with E-state index in [0.29, 0.717) is 15.0 Å². The van der Waals surface area contributed by atoms with Crippen LogP contribution in [0.1, 0.15) is 29.5 Å². The minimum absolute atomic E-state index is 0.0436. The van der Waals surface area contributed by atoms with Crippen molar-refractivity contribution in [3.63, 3.8) is 0 Å². The van der Waals surface area contributed by atoms with Gasteiger partial charge < -0.3 is 5.21 Å². The summed E-state index contributed by atoms with van der Waals surface area (Å²) < 4.78 is 85.1. The highest BCUT2D eigenvalue weighted by Crippen LogP contribution is 2.34. The molecular formula is C27H17ClF6N10O. The Labute approximate surface area is 253 Å². The Kier molecular flexibility index (Phi) is 7.69. The van der Waals surface area contributed by atoms with Gasteiger partial charge in [-0.05, 0) is 46.3 Å². The molecular weight excluding hydrogens is 630 g/mol. The first-order valence-corrected chi connectivity index (χ1v) is 13.2. The van der Waals surface area contributed by atoms with Crippen LogP contribution in [0.25, 0.3) is 28.1 Å². The average molecular weight is 647 g/mol. The van der Waals surface area contributed by atoms with E-state index < -0.39 is 30.3 Å². The summed E-state index contributed by atoms with van der Waals surface area (Å²) in [5.41, 5.74) is -0.237. The van der Waals surface area contributed by atoms with Crippen molar-refractivity contribution in [2.45, 2.75) is 25.2 Å². The van der Waals surface area contributed by atoms with Crippen LogP contribution in [-0.4, -0.2) is 44.8 Å². The molecule has 0 saturated carbocycles. The Morgan fingerprint density at radius 1 is 0.978 bits per heavy atom. The SMILES string of the molecule is [O-][n+]1cc(-c2c(-n3cnnn3)ccc(Cl)c2F)ccc1[C@@H](Cc1ccc(C(F)(F)F)nc1)n1cc(-c2ccnn2C(F)F)cn1. The number of benzene rings is 1. The fourth-order valence-electron chi connectivity index (χ4n) is 4.78. The summed E-state index contributed by atoms with van der Waals surface area (Å²) in [5.74, 6) is -0.836. The fraction of sp³-hybridized carbons (Fsp3) is 0.148. The highest BCUT2D eigenvalue weighted by molar-refractivity contribution is 6.31.